The van der Waals surface area contributed by atoms with E-state index >= 15 is 0 Å². The van der Waals surface area contributed by atoms with Crippen LogP contribution in [0.2, 0.25) is 0 Å². The highest BCUT2D eigenvalue weighted by Gasteiger charge is 2.22. The molecule has 0 unspecified atom stereocenters. The third-order valence-electron chi connectivity index (χ3n) is 5.61. The predicted octanol–water partition coefficient (Wildman–Crippen LogP) is 2.59. The van der Waals surface area contributed by atoms with Crippen molar-refractivity contribution in [1.29, 1.82) is 0 Å². The molecule has 160 valence electrons. The molecule has 3 aromatic rings. The average Bonchev–Trinajstić information content (AvgIpc) is 2.80. The fourth-order valence-corrected chi connectivity index (χ4v) is 3.72. The second-order valence-electron chi connectivity index (χ2n) is 7.87. The molecule has 31 heavy (non-hydrogen) atoms. The quantitative estimate of drug-likeness (QED) is 0.690. The minimum absolute atomic E-state index is 0.155. The minimum Gasteiger partial charge on any atom is -0.353 e. The lowest BCUT2D eigenvalue weighted by atomic mass is 10.1. The number of hydrogen-bond donors (Lipinski definition) is 1. The maximum absolute atomic E-state index is 12.6. The number of piperazine rings is 1. The van der Waals surface area contributed by atoms with Crippen molar-refractivity contribution >= 4 is 11.7 Å². The van der Waals surface area contributed by atoms with Crippen molar-refractivity contribution in [2.24, 2.45) is 0 Å². The summed E-state index contributed by atoms with van der Waals surface area (Å²) in [6, 6.07) is 13.5. The number of hydrogen-bond acceptors (Lipinski definition) is 5. The van der Waals surface area contributed by atoms with E-state index in [9.17, 15) is 9.59 Å². The lowest BCUT2D eigenvalue weighted by molar-refractivity contribution is -0.130. The van der Waals surface area contributed by atoms with Crippen molar-refractivity contribution < 1.29 is 4.79 Å². The van der Waals surface area contributed by atoms with E-state index in [0.717, 1.165) is 35.7 Å². The van der Waals surface area contributed by atoms with Crippen LogP contribution in [0.4, 0.5) is 5.82 Å². The Hall–Kier alpha value is -3.48. The van der Waals surface area contributed by atoms with Crippen LogP contribution in [-0.2, 0) is 17.6 Å². The first kappa shape index (κ1) is 20.8. The van der Waals surface area contributed by atoms with Crippen LogP contribution in [-0.4, -0.2) is 51.9 Å². The fraction of sp³-hybridized carbons (Fsp3) is 0.333. The SMILES string of the molecule is CCc1cc(=O)[nH]c(-c2ccc(N3CCN(C(=O)Cc4ccc(C)cc4)CC3)nc2)n1. The van der Waals surface area contributed by atoms with E-state index < -0.39 is 0 Å². The van der Waals surface area contributed by atoms with Gasteiger partial charge in [-0.2, -0.15) is 0 Å². The summed E-state index contributed by atoms with van der Waals surface area (Å²) in [5.41, 5.74) is 3.63. The monoisotopic (exact) mass is 417 g/mol. The highest BCUT2D eigenvalue weighted by atomic mass is 16.2. The normalized spacial score (nSPS) is 14.0. The fourth-order valence-electron chi connectivity index (χ4n) is 3.72. The van der Waals surface area contributed by atoms with E-state index in [1.807, 2.05) is 55.1 Å². The van der Waals surface area contributed by atoms with Crippen molar-refractivity contribution in [1.82, 2.24) is 19.9 Å². The number of aromatic nitrogens is 3. The van der Waals surface area contributed by atoms with Crippen molar-refractivity contribution in [2.75, 3.05) is 31.1 Å². The van der Waals surface area contributed by atoms with Gasteiger partial charge in [0.25, 0.3) is 5.56 Å². The molecule has 1 saturated heterocycles. The summed E-state index contributed by atoms with van der Waals surface area (Å²) in [5.74, 6) is 1.57. The highest BCUT2D eigenvalue weighted by molar-refractivity contribution is 5.79. The molecule has 0 atom stereocenters. The summed E-state index contributed by atoms with van der Waals surface area (Å²) >= 11 is 0. The van der Waals surface area contributed by atoms with Crippen molar-refractivity contribution in [3.8, 4) is 11.4 Å². The van der Waals surface area contributed by atoms with Gasteiger partial charge in [0.1, 0.15) is 11.6 Å². The molecule has 0 bridgehead atoms. The number of nitrogens with one attached hydrogen (secondary N) is 1. The predicted molar refractivity (Wildman–Crippen MR) is 121 cm³/mol. The first-order valence-electron chi connectivity index (χ1n) is 10.7. The summed E-state index contributed by atoms with van der Waals surface area (Å²) in [5, 5.41) is 0. The molecule has 0 saturated carbocycles. The smallest absolute Gasteiger partial charge is 0.251 e. The number of H-pyrrole nitrogens is 1. The molecule has 7 nitrogen and oxygen atoms in total. The van der Waals surface area contributed by atoms with E-state index in [4.69, 9.17) is 0 Å². The van der Waals surface area contributed by atoms with Gasteiger partial charge in [-0.05, 0) is 31.0 Å². The van der Waals surface area contributed by atoms with Crippen LogP contribution >= 0.6 is 0 Å². The zero-order chi connectivity index (χ0) is 21.8. The summed E-state index contributed by atoms with van der Waals surface area (Å²) in [7, 11) is 0. The zero-order valence-corrected chi connectivity index (χ0v) is 18.0. The number of nitrogens with zero attached hydrogens (tertiary/aromatic N) is 4. The standard InChI is InChI=1S/C24H27N5O2/c1-3-20-15-22(30)27-24(26-20)19-8-9-21(25-16-19)28-10-12-29(13-11-28)23(31)14-18-6-4-17(2)5-7-18/h4-9,15-16H,3,10-14H2,1-2H3,(H,26,27,30). The Morgan fingerprint density at radius 1 is 1.06 bits per heavy atom. The molecule has 1 aliphatic heterocycles. The first-order chi connectivity index (χ1) is 15.0. The van der Waals surface area contributed by atoms with E-state index in [1.165, 1.54) is 11.6 Å². The van der Waals surface area contributed by atoms with Gasteiger partial charge in [0.2, 0.25) is 5.91 Å². The van der Waals surface area contributed by atoms with Crippen molar-refractivity contribution in [3.63, 3.8) is 0 Å². The third kappa shape index (κ3) is 4.99. The van der Waals surface area contributed by atoms with Gasteiger partial charge in [0, 0.05) is 49.7 Å². The molecule has 4 rings (SSSR count). The molecule has 1 N–H and O–H groups in total. The van der Waals surface area contributed by atoms with Crippen LogP contribution in [0.1, 0.15) is 23.7 Å². The molecule has 1 amide bonds. The van der Waals surface area contributed by atoms with Crippen molar-refractivity contribution in [2.45, 2.75) is 26.7 Å². The van der Waals surface area contributed by atoms with Gasteiger partial charge in [0.15, 0.2) is 0 Å². The lowest BCUT2D eigenvalue weighted by Gasteiger charge is -2.35. The van der Waals surface area contributed by atoms with E-state index in [-0.39, 0.29) is 11.5 Å². The van der Waals surface area contributed by atoms with Crippen LogP contribution in [0.5, 0.6) is 0 Å². The summed E-state index contributed by atoms with van der Waals surface area (Å²) < 4.78 is 0. The first-order valence-corrected chi connectivity index (χ1v) is 10.7. The van der Waals surface area contributed by atoms with E-state index in [0.29, 0.717) is 31.8 Å². The zero-order valence-electron chi connectivity index (χ0n) is 18.0. The Labute approximate surface area is 181 Å². The van der Waals surface area contributed by atoms with Crippen LogP contribution in [0.25, 0.3) is 11.4 Å². The third-order valence-corrected chi connectivity index (χ3v) is 5.61. The molecule has 1 aromatic carbocycles. The topological polar surface area (TPSA) is 82.2 Å². The number of carbonyl (C=O) groups is 1. The molecule has 7 heteroatoms. The molecule has 2 aromatic heterocycles. The minimum atomic E-state index is -0.155. The number of amides is 1. The van der Waals surface area contributed by atoms with Gasteiger partial charge in [-0.3, -0.25) is 9.59 Å². The molecule has 0 aliphatic carbocycles. The average molecular weight is 418 g/mol. The van der Waals surface area contributed by atoms with Gasteiger partial charge in [-0.1, -0.05) is 36.8 Å². The number of aryl methyl sites for hydroxylation is 2. The maximum atomic E-state index is 12.6. The van der Waals surface area contributed by atoms with E-state index in [1.54, 1.807) is 6.20 Å². The number of pyridine rings is 1. The Bertz CT molecular complexity index is 1100. The van der Waals surface area contributed by atoms with E-state index in [2.05, 4.69) is 19.9 Å². The molecule has 1 fully saturated rings. The van der Waals surface area contributed by atoms with Crippen LogP contribution in [0, 0.1) is 6.92 Å². The summed E-state index contributed by atoms with van der Waals surface area (Å²) in [4.78, 5) is 40.4. The number of anilines is 1. The van der Waals surface area contributed by atoms with Crippen molar-refractivity contribution in [3.05, 3.63) is 75.8 Å². The van der Waals surface area contributed by atoms with Crippen LogP contribution < -0.4 is 10.5 Å². The van der Waals surface area contributed by atoms with Crippen LogP contribution in [0.3, 0.4) is 0 Å². The number of carbonyl (C=O) groups excluding carboxylic acids is 1. The van der Waals surface area contributed by atoms with Gasteiger partial charge in [-0.15, -0.1) is 0 Å². The molecule has 0 radical (unpaired) electrons. The second kappa shape index (κ2) is 9.12. The largest absolute Gasteiger partial charge is 0.353 e. The lowest BCUT2D eigenvalue weighted by Crippen LogP contribution is -2.49. The Morgan fingerprint density at radius 2 is 1.81 bits per heavy atom. The second-order valence-corrected chi connectivity index (χ2v) is 7.87. The molecule has 0 spiro atoms. The maximum Gasteiger partial charge on any atom is 0.251 e. The van der Waals surface area contributed by atoms with Gasteiger partial charge >= 0.3 is 0 Å². The highest BCUT2D eigenvalue weighted by Crippen LogP contribution is 2.19. The van der Waals surface area contributed by atoms with Gasteiger partial charge < -0.3 is 14.8 Å². The van der Waals surface area contributed by atoms with Crippen LogP contribution in [0.15, 0.2) is 53.5 Å². The number of aromatic amines is 1. The summed E-state index contributed by atoms with van der Waals surface area (Å²) in [6.07, 6.45) is 2.88. The molecule has 3 heterocycles. The summed E-state index contributed by atoms with van der Waals surface area (Å²) in [6.45, 7) is 6.86. The number of benzene rings is 1. The Kier molecular flexibility index (Phi) is 6.11. The molecular formula is C24H27N5O2. The number of rotatable bonds is 5. The Morgan fingerprint density at radius 3 is 2.45 bits per heavy atom. The van der Waals surface area contributed by atoms with Gasteiger partial charge in [-0.25, -0.2) is 9.97 Å². The molecular weight excluding hydrogens is 390 g/mol. The Balaban J connectivity index is 1.36. The van der Waals surface area contributed by atoms with Gasteiger partial charge in [0.05, 0.1) is 6.42 Å². The molecule has 1 aliphatic rings.